The molecule has 2 rings (SSSR count). The molecule has 3 N–H and O–H groups in total. The molecule has 1 aromatic rings. The van der Waals surface area contributed by atoms with Crippen molar-refractivity contribution in [1.29, 1.82) is 0 Å². The van der Waals surface area contributed by atoms with Gasteiger partial charge in [-0.2, -0.15) is 0 Å². The lowest BCUT2D eigenvalue weighted by atomic mass is 9.90. The van der Waals surface area contributed by atoms with Gasteiger partial charge in [-0.05, 0) is 31.0 Å². The second-order valence-corrected chi connectivity index (χ2v) is 6.11. The number of nitrogens with one attached hydrogen (secondary N) is 1. The van der Waals surface area contributed by atoms with Gasteiger partial charge in [0.05, 0.1) is 4.92 Å². The Morgan fingerprint density at radius 1 is 1.48 bits per heavy atom. The second kappa shape index (κ2) is 8.24. The van der Waals surface area contributed by atoms with Crippen LogP contribution in [0.1, 0.15) is 19.8 Å². The molecule has 1 atom stereocenters. The zero-order chi connectivity index (χ0) is 16.2. The van der Waals surface area contributed by atoms with Crippen LogP contribution in [0.4, 0.5) is 11.4 Å². The van der Waals surface area contributed by atoms with Gasteiger partial charge in [0, 0.05) is 25.6 Å². The summed E-state index contributed by atoms with van der Waals surface area (Å²) in [6.07, 6.45) is 1.35. The first kappa shape index (κ1) is 19.3. The van der Waals surface area contributed by atoms with Gasteiger partial charge < -0.3 is 16.0 Å². The van der Waals surface area contributed by atoms with Gasteiger partial charge in [-0.3, -0.25) is 14.9 Å². The van der Waals surface area contributed by atoms with Crippen LogP contribution in [0.15, 0.2) is 24.3 Å². The minimum atomic E-state index is -0.497. The highest BCUT2D eigenvalue weighted by Crippen LogP contribution is 2.28. The predicted molar refractivity (Wildman–Crippen MR) is 91.8 cm³/mol. The van der Waals surface area contributed by atoms with Gasteiger partial charge in [-0.25, -0.2) is 0 Å². The Balaban J connectivity index is 0.00000264. The summed E-state index contributed by atoms with van der Waals surface area (Å²) in [6, 6.07) is 6.15. The van der Waals surface area contributed by atoms with Gasteiger partial charge in [0.15, 0.2) is 0 Å². The van der Waals surface area contributed by atoms with Crippen LogP contribution in [0.5, 0.6) is 0 Å². The molecule has 1 aliphatic heterocycles. The number of nitro groups is 1. The monoisotopic (exact) mass is 342 g/mol. The van der Waals surface area contributed by atoms with E-state index in [1.165, 1.54) is 12.1 Å². The molecule has 0 aliphatic carbocycles. The summed E-state index contributed by atoms with van der Waals surface area (Å²) in [5.41, 5.74) is 6.05. The number of carbonyl (C=O) groups excluding carboxylic acids is 1. The van der Waals surface area contributed by atoms with Crippen LogP contribution in [0, 0.1) is 15.5 Å². The number of hydrogen-bond acceptors (Lipinski definition) is 5. The molecule has 1 saturated heterocycles. The zero-order valence-electron chi connectivity index (χ0n) is 13.2. The molecular formula is C15H23ClN4O3. The van der Waals surface area contributed by atoms with Crippen LogP contribution < -0.4 is 11.1 Å². The number of rotatable bonds is 6. The Labute approximate surface area is 141 Å². The molecule has 128 valence electrons. The fourth-order valence-electron chi connectivity index (χ4n) is 2.69. The molecule has 0 saturated carbocycles. The van der Waals surface area contributed by atoms with Crippen molar-refractivity contribution in [2.45, 2.75) is 19.8 Å². The van der Waals surface area contributed by atoms with Crippen molar-refractivity contribution >= 4 is 29.7 Å². The van der Waals surface area contributed by atoms with Gasteiger partial charge in [0.2, 0.25) is 5.91 Å². The van der Waals surface area contributed by atoms with E-state index in [4.69, 9.17) is 5.73 Å². The number of nitrogens with zero attached hydrogens (tertiary/aromatic N) is 2. The van der Waals surface area contributed by atoms with E-state index in [9.17, 15) is 14.9 Å². The van der Waals surface area contributed by atoms with E-state index in [2.05, 4.69) is 17.1 Å². The van der Waals surface area contributed by atoms with Crippen LogP contribution in [-0.4, -0.2) is 41.9 Å². The summed E-state index contributed by atoms with van der Waals surface area (Å²) in [7, 11) is 0. The van der Waals surface area contributed by atoms with Crippen molar-refractivity contribution < 1.29 is 9.72 Å². The number of nitrogens with two attached hydrogens (primary N) is 1. The van der Waals surface area contributed by atoms with E-state index >= 15 is 0 Å². The highest BCUT2D eigenvalue weighted by Gasteiger charge is 2.32. The van der Waals surface area contributed by atoms with Crippen LogP contribution in [0.25, 0.3) is 0 Å². The normalized spacial score (nSPS) is 20.8. The number of likely N-dealkylation sites (tertiary alicyclic amines) is 1. The largest absolute Gasteiger partial charge is 0.330 e. The number of anilines is 1. The number of para-hydroxylation sites is 2. The van der Waals surface area contributed by atoms with Gasteiger partial charge in [-0.1, -0.05) is 19.1 Å². The highest BCUT2D eigenvalue weighted by atomic mass is 35.5. The van der Waals surface area contributed by atoms with Crippen molar-refractivity contribution in [3.8, 4) is 0 Å². The summed E-state index contributed by atoms with van der Waals surface area (Å²) >= 11 is 0. The third-order valence-electron chi connectivity index (χ3n) is 4.16. The lowest BCUT2D eigenvalue weighted by Gasteiger charge is -2.22. The molecule has 0 radical (unpaired) electrons. The maximum absolute atomic E-state index is 12.0. The van der Waals surface area contributed by atoms with Crippen LogP contribution in [-0.2, 0) is 4.79 Å². The molecule has 1 amide bonds. The Kier molecular flexibility index (Phi) is 6.93. The number of benzene rings is 1. The summed E-state index contributed by atoms with van der Waals surface area (Å²) < 4.78 is 0. The molecule has 1 fully saturated rings. The SMILES string of the molecule is CC1(CN)CCN(CCC(=O)Nc2ccccc2[N+](=O)[O-])C1.Cl. The molecule has 1 aromatic carbocycles. The molecule has 0 bridgehead atoms. The first-order chi connectivity index (χ1) is 10.4. The number of amides is 1. The maximum Gasteiger partial charge on any atom is 0.292 e. The Hall–Kier alpha value is -1.70. The molecule has 0 aromatic heterocycles. The van der Waals surface area contributed by atoms with Gasteiger partial charge in [0.1, 0.15) is 5.69 Å². The Bertz CT molecular complexity index is 569. The summed E-state index contributed by atoms with van der Waals surface area (Å²) in [4.78, 5) is 24.6. The van der Waals surface area contributed by atoms with Gasteiger partial charge in [-0.15, -0.1) is 12.4 Å². The number of hydrogen-bond donors (Lipinski definition) is 2. The average Bonchev–Trinajstić information content (AvgIpc) is 2.88. The predicted octanol–water partition coefficient (Wildman–Crippen LogP) is 2.02. The lowest BCUT2D eigenvalue weighted by molar-refractivity contribution is -0.383. The van der Waals surface area contributed by atoms with E-state index < -0.39 is 4.92 Å². The first-order valence-corrected chi connectivity index (χ1v) is 7.39. The summed E-state index contributed by atoms with van der Waals surface area (Å²) in [5.74, 6) is -0.212. The van der Waals surface area contributed by atoms with Crippen molar-refractivity contribution in [2.24, 2.45) is 11.1 Å². The van der Waals surface area contributed by atoms with E-state index in [-0.39, 0.29) is 35.1 Å². The third-order valence-corrected chi connectivity index (χ3v) is 4.16. The standard InChI is InChI=1S/C15H22N4O3.ClH/c1-15(10-16)7-9-18(11-15)8-6-14(20)17-12-4-2-3-5-13(12)19(21)22;/h2-5H,6-11,16H2,1H3,(H,17,20);1H. The zero-order valence-corrected chi connectivity index (χ0v) is 14.0. The second-order valence-electron chi connectivity index (χ2n) is 6.11. The van der Waals surface area contributed by atoms with Crippen molar-refractivity contribution in [1.82, 2.24) is 4.90 Å². The van der Waals surface area contributed by atoms with Gasteiger partial charge >= 0.3 is 0 Å². The minimum Gasteiger partial charge on any atom is -0.330 e. The minimum absolute atomic E-state index is 0. The Morgan fingerprint density at radius 2 is 2.17 bits per heavy atom. The van der Waals surface area contributed by atoms with E-state index in [0.717, 1.165) is 19.5 Å². The number of carbonyl (C=O) groups is 1. The Morgan fingerprint density at radius 3 is 2.78 bits per heavy atom. The lowest BCUT2D eigenvalue weighted by Crippen LogP contribution is -2.32. The van der Waals surface area contributed by atoms with Crippen LogP contribution in [0.2, 0.25) is 0 Å². The topological polar surface area (TPSA) is 102 Å². The molecule has 7 nitrogen and oxygen atoms in total. The van der Waals surface area contributed by atoms with E-state index in [1.54, 1.807) is 12.1 Å². The van der Waals surface area contributed by atoms with Gasteiger partial charge in [0.25, 0.3) is 5.69 Å². The number of halogens is 1. The first-order valence-electron chi connectivity index (χ1n) is 7.39. The fourth-order valence-corrected chi connectivity index (χ4v) is 2.69. The molecular weight excluding hydrogens is 320 g/mol. The molecule has 0 spiro atoms. The van der Waals surface area contributed by atoms with Crippen molar-refractivity contribution in [2.75, 3.05) is 31.5 Å². The van der Waals surface area contributed by atoms with Crippen LogP contribution in [0.3, 0.4) is 0 Å². The molecule has 8 heteroatoms. The molecule has 23 heavy (non-hydrogen) atoms. The third kappa shape index (κ3) is 5.16. The molecule has 1 unspecified atom stereocenters. The van der Waals surface area contributed by atoms with E-state index in [1.807, 2.05) is 0 Å². The smallest absolute Gasteiger partial charge is 0.292 e. The fraction of sp³-hybridized carbons (Fsp3) is 0.533. The quantitative estimate of drug-likeness (QED) is 0.608. The maximum atomic E-state index is 12.0. The van der Waals surface area contributed by atoms with Crippen molar-refractivity contribution in [3.05, 3.63) is 34.4 Å². The highest BCUT2D eigenvalue weighted by molar-refractivity contribution is 5.93. The van der Waals surface area contributed by atoms with Crippen LogP contribution >= 0.6 is 12.4 Å². The summed E-state index contributed by atoms with van der Waals surface area (Å²) in [6.45, 7) is 5.27. The molecule has 1 aliphatic rings. The average molecular weight is 343 g/mol. The molecule has 1 heterocycles. The van der Waals surface area contributed by atoms with Crippen molar-refractivity contribution in [3.63, 3.8) is 0 Å². The number of nitro benzene ring substituents is 1. The summed E-state index contributed by atoms with van der Waals surface area (Å²) in [5, 5.41) is 13.5. The van der Waals surface area contributed by atoms with E-state index in [0.29, 0.717) is 19.5 Å².